The second kappa shape index (κ2) is 5.60. The van der Waals surface area contributed by atoms with Crippen molar-refractivity contribution in [3.8, 4) is 0 Å². The SMILES string of the molecule is CN(CC1CC(O)C1)C(=O)NC(C)(C)C(C)(C)C(=O)O. The van der Waals surface area contributed by atoms with E-state index in [1.54, 1.807) is 39.6 Å². The fourth-order valence-corrected chi connectivity index (χ4v) is 2.11. The van der Waals surface area contributed by atoms with Crippen LogP contribution in [-0.2, 0) is 4.79 Å². The fourth-order valence-electron chi connectivity index (χ4n) is 2.11. The van der Waals surface area contributed by atoms with E-state index in [0.717, 1.165) is 12.8 Å². The van der Waals surface area contributed by atoms with E-state index in [0.29, 0.717) is 12.5 Å². The van der Waals surface area contributed by atoms with Crippen LogP contribution in [0.15, 0.2) is 0 Å². The Morgan fingerprint density at radius 1 is 1.25 bits per heavy atom. The monoisotopic (exact) mass is 286 g/mol. The predicted molar refractivity (Wildman–Crippen MR) is 75.4 cm³/mol. The number of hydrogen-bond donors (Lipinski definition) is 3. The number of aliphatic carboxylic acids is 1. The van der Waals surface area contributed by atoms with Gasteiger partial charge in [0.05, 0.1) is 17.1 Å². The van der Waals surface area contributed by atoms with Crippen LogP contribution in [0.1, 0.15) is 40.5 Å². The lowest BCUT2D eigenvalue weighted by molar-refractivity contribution is -0.150. The van der Waals surface area contributed by atoms with Crippen LogP contribution in [-0.4, -0.2) is 52.3 Å². The maximum absolute atomic E-state index is 12.1. The van der Waals surface area contributed by atoms with Gasteiger partial charge in [-0.05, 0) is 46.5 Å². The molecule has 0 aromatic carbocycles. The highest BCUT2D eigenvalue weighted by Gasteiger charge is 2.45. The van der Waals surface area contributed by atoms with Crippen molar-refractivity contribution in [3.05, 3.63) is 0 Å². The summed E-state index contributed by atoms with van der Waals surface area (Å²) in [5.41, 5.74) is -1.94. The normalized spacial score (nSPS) is 22.9. The lowest BCUT2D eigenvalue weighted by atomic mass is 9.74. The van der Waals surface area contributed by atoms with E-state index in [1.807, 2.05) is 0 Å². The molecule has 0 saturated heterocycles. The third-order valence-electron chi connectivity index (χ3n) is 4.61. The molecule has 0 atom stereocenters. The van der Waals surface area contributed by atoms with Crippen molar-refractivity contribution in [2.75, 3.05) is 13.6 Å². The second-order valence-corrected chi connectivity index (χ2v) is 6.86. The molecule has 6 heteroatoms. The number of aliphatic hydroxyl groups excluding tert-OH is 1. The van der Waals surface area contributed by atoms with Gasteiger partial charge >= 0.3 is 12.0 Å². The summed E-state index contributed by atoms with van der Waals surface area (Å²) in [6.07, 6.45) is 1.21. The molecule has 0 bridgehead atoms. The van der Waals surface area contributed by atoms with Crippen LogP contribution in [0.4, 0.5) is 4.79 Å². The minimum Gasteiger partial charge on any atom is -0.481 e. The first kappa shape index (κ1) is 16.8. The van der Waals surface area contributed by atoms with Gasteiger partial charge in [0.1, 0.15) is 0 Å². The smallest absolute Gasteiger partial charge is 0.317 e. The number of amides is 2. The minimum atomic E-state index is -1.07. The molecule has 0 aromatic rings. The number of carbonyl (C=O) groups is 2. The van der Waals surface area contributed by atoms with Crippen LogP contribution in [0.2, 0.25) is 0 Å². The number of nitrogens with zero attached hydrogens (tertiary/aromatic N) is 1. The highest BCUT2D eigenvalue weighted by atomic mass is 16.4. The first-order chi connectivity index (χ1) is 8.97. The van der Waals surface area contributed by atoms with Crippen molar-refractivity contribution in [2.45, 2.75) is 52.2 Å². The van der Waals surface area contributed by atoms with Crippen LogP contribution in [0.25, 0.3) is 0 Å². The van der Waals surface area contributed by atoms with E-state index in [-0.39, 0.29) is 12.1 Å². The topological polar surface area (TPSA) is 89.9 Å². The Kier molecular flexibility index (Phi) is 4.69. The molecule has 0 unspecified atom stereocenters. The van der Waals surface area contributed by atoms with Gasteiger partial charge < -0.3 is 20.4 Å². The van der Waals surface area contributed by atoms with E-state index in [4.69, 9.17) is 0 Å². The number of carboxylic acids is 1. The molecular formula is C14H26N2O4. The molecule has 0 radical (unpaired) electrons. The Hall–Kier alpha value is -1.30. The van der Waals surface area contributed by atoms with E-state index < -0.39 is 16.9 Å². The highest BCUT2D eigenvalue weighted by Crippen LogP contribution is 2.31. The maximum atomic E-state index is 12.1. The quantitative estimate of drug-likeness (QED) is 0.710. The molecule has 1 aliphatic carbocycles. The molecule has 1 fully saturated rings. The first-order valence-corrected chi connectivity index (χ1v) is 6.92. The minimum absolute atomic E-state index is 0.237. The molecule has 20 heavy (non-hydrogen) atoms. The summed E-state index contributed by atoms with van der Waals surface area (Å²) in [5, 5.41) is 21.3. The second-order valence-electron chi connectivity index (χ2n) is 6.86. The Balaban J connectivity index is 2.57. The van der Waals surface area contributed by atoms with Gasteiger partial charge in [0.25, 0.3) is 0 Å². The summed E-state index contributed by atoms with van der Waals surface area (Å²) < 4.78 is 0. The summed E-state index contributed by atoms with van der Waals surface area (Å²) in [7, 11) is 1.68. The van der Waals surface area contributed by atoms with Crippen molar-refractivity contribution >= 4 is 12.0 Å². The molecule has 0 spiro atoms. The van der Waals surface area contributed by atoms with Crippen molar-refractivity contribution in [2.24, 2.45) is 11.3 Å². The van der Waals surface area contributed by atoms with Gasteiger partial charge in [-0.1, -0.05) is 0 Å². The van der Waals surface area contributed by atoms with Crippen LogP contribution in [0.3, 0.4) is 0 Å². The zero-order chi connectivity index (χ0) is 15.7. The van der Waals surface area contributed by atoms with Gasteiger partial charge in [0.2, 0.25) is 0 Å². The van der Waals surface area contributed by atoms with E-state index in [9.17, 15) is 19.8 Å². The van der Waals surface area contributed by atoms with Crippen LogP contribution < -0.4 is 5.32 Å². The summed E-state index contributed by atoms with van der Waals surface area (Å²) in [6.45, 7) is 7.18. The summed E-state index contributed by atoms with van der Waals surface area (Å²) in [5.74, 6) is -0.621. The van der Waals surface area contributed by atoms with Crippen molar-refractivity contribution in [1.82, 2.24) is 10.2 Å². The van der Waals surface area contributed by atoms with E-state index in [2.05, 4.69) is 5.32 Å². The number of rotatable bonds is 5. The molecule has 1 aliphatic rings. The van der Waals surface area contributed by atoms with Gasteiger partial charge in [0.15, 0.2) is 0 Å². The first-order valence-electron chi connectivity index (χ1n) is 6.92. The number of aliphatic hydroxyl groups is 1. The number of carboxylic acid groups (broad SMARTS) is 1. The van der Waals surface area contributed by atoms with Gasteiger partial charge in [0, 0.05) is 13.6 Å². The number of hydrogen-bond acceptors (Lipinski definition) is 3. The molecule has 1 saturated carbocycles. The Morgan fingerprint density at radius 3 is 2.15 bits per heavy atom. The van der Waals surface area contributed by atoms with Crippen molar-refractivity contribution in [3.63, 3.8) is 0 Å². The van der Waals surface area contributed by atoms with Crippen LogP contribution in [0.5, 0.6) is 0 Å². The molecule has 0 aliphatic heterocycles. The molecular weight excluding hydrogens is 260 g/mol. The van der Waals surface area contributed by atoms with Crippen LogP contribution >= 0.6 is 0 Å². The Morgan fingerprint density at radius 2 is 1.75 bits per heavy atom. The Labute approximate surface area is 120 Å². The predicted octanol–water partition coefficient (Wildman–Crippen LogP) is 1.29. The van der Waals surface area contributed by atoms with Gasteiger partial charge in [-0.25, -0.2) is 4.79 Å². The number of nitrogens with one attached hydrogen (secondary N) is 1. The van der Waals surface area contributed by atoms with E-state index in [1.165, 1.54) is 0 Å². The molecule has 0 aromatic heterocycles. The molecule has 0 heterocycles. The number of urea groups is 1. The summed E-state index contributed by atoms with van der Waals surface area (Å²) >= 11 is 0. The third kappa shape index (κ3) is 3.42. The average molecular weight is 286 g/mol. The molecule has 6 nitrogen and oxygen atoms in total. The maximum Gasteiger partial charge on any atom is 0.317 e. The van der Waals surface area contributed by atoms with Crippen LogP contribution in [0, 0.1) is 11.3 Å². The zero-order valence-electron chi connectivity index (χ0n) is 12.9. The summed E-state index contributed by atoms with van der Waals surface area (Å²) in [4.78, 5) is 25.0. The molecule has 116 valence electrons. The Bertz CT molecular complexity index is 387. The van der Waals surface area contributed by atoms with Gasteiger partial charge in [-0.3, -0.25) is 4.79 Å². The standard InChI is InChI=1S/C14H26N2O4/c1-13(2,11(18)19)14(3,4)15-12(20)16(5)8-9-6-10(17)7-9/h9-10,17H,6-8H2,1-5H3,(H,15,20)(H,18,19). The van der Waals surface area contributed by atoms with E-state index >= 15 is 0 Å². The highest BCUT2D eigenvalue weighted by molar-refractivity contribution is 5.79. The van der Waals surface area contributed by atoms with Crippen molar-refractivity contribution in [1.29, 1.82) is 0 Å². The molecule has 2 amide bonds. The lowest BCUT2D eigenvalue weighted by Gasteiger charge is -2.41. The van der Waals surface area contributed by atoms with Gasteiger partial charge in [-0.15, -0.1) is 0 Å². The molecule has 3 N–H and O–H groups in total. The lowest BCUT2D eigenvalue weighted by Crippen LogP contribution is -2.59. The third-order valence-corrected chi connectivity index (χ3v) is 4.61. The van der Waals surface area contributed by atoms with Crippen molar-refractivity contribution < 1.29 is 19.8 Å². The fraction of sp³-hybridized carbons (Fsp3) is 0.857. The zero-order valence-corrected chi connectivity index (χ0v) is 12.9. The number of carbonyl (C=O) groups excluding carboxylic acids is 1. The van der Waals surface area contributed by atoms with Gasteiger partial charge in [-0.2, -0.15) is 0 Å². The average Bonchev–Trinajstić information content (AvgIpc) is 2.25. The summed E-state index contributed by atoms with van der Waals surface area (Å²) in [6, 6.07) is -0.286. The largest absolute Gasteiger partial charge is 0.481 e. The molecule has 1 rings (SSSR count).